The second-order valence-corrected chi connectivity index (χ2v) is 2.17. The van der Waals surface area contributed by atoms with Gasteiger partial charge in [-0.05, 0) is 27.2 Å². The highest BCUT2D eigenvalue weighted by atomic mass is 16.6. The van der Waals surface area contributed by atoms with Crippen LogP contribution in [0.3, 0.4) is 0 Å². The lowest BCUT2D eigenvalue weighted by Crippen LogP contribution is -1.99. The first-order chi connectivity index (χ1) is 4.16. The smallest absolute Gasteiger partial charge is 0.122 e. The molecule has 0 aromatic rings. The minimum absolute atomic E-state index is 0.160. The second kappa shape index (κ2) is 4.36. The van der Waals surface area contributed by atoms with Gasteiger partial charge in [-0.2, -0.15) is 0 Å². The van der Waals surface area contributed by atoms with Crippen LogP contribution in [0.2, 0.25) is 0 Å². The first kappa shape index (κ1) is 8.47. The average molecular weight is 128 g/mol. The number of oxime groups is 1. The summed E-state index contributed by atoms with van der Waals surface area (Å²) < 4.78 is 0. The maximum Gasteiger partial charge on any atom is 0.122 e. The van der Waals surface area contributed by atoms with Crippen LogP contribution in [0.15, 0.2) is 5.16 Å². The van der Waals surface area contributed by atoms with Gasteiger partial charge in [-0.3, -0.25) is 0 Å². The molecule has 53 valence electrons. The number of nitrogens with zero attached hydrogens (tertiary/aromatic N) is 1. The standard InChI is InChI=1S/C7H14NO/c1-5-7(4)8-9-6(2)3/h6H,4-5H2,1-3H3. The Morgan fingerprint density at radius 3 is 2.56 bits per heavy atom. The molecule has 9 heavy (non-hydrogen) atoms. The molecule has 0 saturated carbocycles. The Hall–Kier alpha value is -0.530. The van der Waals surface area contributed by atoms with Gasteiger partial charge in [0.25, 0.3) is 0 Å². The van der Waals surface area contributed by atoms with Gasteiger partial charge < -0.3 is 4.84 Å². The number of rotatable bonds is 3. The fourth-order valence-electron chi connectivity index (χ4n) is 0.244. The molecule has 0 saturated heterocycles. The summed E-state index contributed by atoms with van der Waals surface area (Å²) in [6, 6.07) is 0. The van der Waals surface area contributed by atoms with Gasteiger partial charge in [-0.25, -0.2) is 0 Å². The van der Waals surface area contributed by atoms with E-state index in [4.69, 9.17) is 4.84 Å². The maximum absolute atomic E-state index is 4.92. The van der Waals surface area contributed by atoms with Crippen LogP contribution in [-0.2, 0) is 4.84 Å². The zero-order valence-electron chi connectivity index (χ0n) is 6.35. The Morgan fingerprint density at radius 2 is 2.22 bits per heavy atom. The molecule has 0 amide bonds. The predicted octanol–water partition coefficient (Wildman–Crippen LogP) is 2.01. The quantitative estimate of drug-likeness (QED) is 0.421. The van der Waals surface area contributed by atoms with Gasteiger partial charge in [-0.15, -0.1) is 0 Å². The van der Waals surface area contributed by atoms with Crippen molar-refractivity contribution in [1.29, 1.82) is 0 Å². The second-order valence-electron chi connectivity index (χ2n) is 2.17. The minimum atomic E-state index is 0.160. The van der Waals surface area contributed by atoms with Crippen LogP contribution in [0, 0.1) is 6.92 Å². The Kier molecular flexibility index (Phi) is 4.10. The molecule has 0 spiro atoms. The molecule has 0 aliphatic rings. The molecular formula is C7H14NO. The molecule has 0 unspecified atom stereocenters. The topological polar surface area (TPSA) is 21.6 Å². The molecule has 1 radical (unpaired) electrons. The number of hydrogen-bond donors (Lipinski definition) is 0. The first-order valence-corrected chi connectivity index (χ1v) is 3.21. The molecular weight excluding hydrogens is 114 g/mol. The Labute approximate surface area is 56.9 Å². The SMILES string of the molecule is [CH2]C(CC)=NOC(C)C. The van der Waals surface area contributed by atoms with E-state index in [-0.39, 0.29) is 6.10 Å². The van der Waals surface area contributed by atoms with E-state index in [1.165, 1.54) is 0 Å². The van der Waals surface area contributed by atoms with Crippen molar-refractivity contribution < 1.29 is 4.84 Å². The Balaban J connectivity index is 3.43. The van der Waals surface area contributed by atoms with Gasteiger partial charge >= 0.3 is 0 Å². The molecule has 0 rings (SSSR count). The lowest BCUT2D eigenvalue weighted by molar-refractivity contribution is 0.0857. The van der Waals surface area contributed by atoms with E-state index in [0.717, 1.165) is 12.1 Å². The summed E-state index contributed by atoms with van der Waals surface area (Å²) in [5.74, 6) is 0. The summed E-state index contributed by atoms with van der Waals surface area (Å²) >= 11 is 0. The third-order valence-corrected chi connectivity index (χ3v) is 0.801. The summed E-state index contributed by atoms with van der Waals surface area (Å²) in [6.45, 7) is 9.52. The van der Waals surface area contributed by atoms with Crippen molar-refractivity contribution in [2.75, 3.05) is 0 Å². The molecule has 0 heterocycles. The molecule has 0 N–H and O–H groups in total. The third-order valence-electron chi connectivity index (χ3n) is 0.801. The van der Waals surface area contributed by atoms with E-state index in [1.54, 1.807) is 0 Å². The van der Waals surface area contributed by atoms with Crippen LogP contribution in [0.5, 0.6) is 0 Å². The van der Waals surface area contributed by atoms with Gasteiger partial charge in [0.1, 0.15) is 6.10 Å². The van der Waals surface area contributed by atoms with Gasteiger partial charge in [-0.1, -0.05) is 12.1 Å². The van der Waals surface area contributed by atoms with E-state index < -0.39 is 0 Å². The number of hydrogen-bond acceptors (Lipinski definition) is 2. The highest BCUT2D eigenvalue weighted by Crippen LogP contribution is 1.90. The Bertz CT molecular complexity index is 97.1. The normalized spacial score (nSPS) is 12.3. The summed E-state index contributed by atoms with van der Waals surface area (Å²) in [5.41, 5.74) is 0.795. The lowest BCUT2D eigenvalue weighted by Gasteiger charge is -2.01. The minimum Gasteiger partial charge on any atom is -0.393 e. The molecule has 0 fully saturated rings. The van der Waals surface area contributed by atoms with Crippen LogP contribution in [0.25, 0.3) is 0 Å². The molecule has 0 aromatic carbocycles. The van der Waals surface area contributed by atoms with Crippen molar-refractivity contribution in [3.63, 3.8) is 0 Å². The van der Waals surface area contributed by atoms with Crippen LogP contribution in [0.1, 0.15) is 27.2 Å². The molecule has 0 aliphatic carbocycles. The average Bonchev–Trinajstić information content (AvgIpc) is 1.83. The van der Waals surface area contributed by atoms with Crippen molar-refractivity contribution in [1.82, 2.24) is 0 Å². The summed E-state index contributed by atoms with van der Waals surface area (Å²) in [7, 11) is 0. The summed E-state index contributed by atoms with van der Waals surface area (Å²) in [6.07, 6.45) is 1.01. The maximum atomic E-state index is 4.92. The predicted molar refractivity (Wildman–Crippen MR) is 39.3 cm³/mol. The monoisotopic (exact) mass is 128 g/mol. The van der Waals surface area contributed by atoms with Crippen molar-refractivity contribution in [2.45, 2.75) is 33.3 Å². The zero-order chi connectivity index (χ0) is 7.28. The van der Waals surface area contributed by atoms with Gasteiger partial charge in [0.2, 0.25) is 0 Å². The Morgan fingerprint density at radius 1 is 1.67 bits per heavy atom. The largest absolute Gasteiger partial charge is 0.393 e. The summed E-state index contributed by atoms with van der Waals surface area (Å²) in [4.78, 5) is 4.92. The molecule has 0 atom stereocenters. The zero-order valence-corrected chi connectivity index (χ0v) is 6.35. The van der Waals surface area contributed by atoms with E-state index in [9.17, 15) is 0 Å². The lowest BCUT2D eigenvalue weighted by atomic mass is 10.3. The molecule has 0 aliphatic heterocycles. The van der Waals surface area contributed by atoms with E-state index in [1.807, 2.05) is 20.8 Å². The van der Waals surface area contributed by atoms with Crippen LogP contribution >= 0.6 is 0 Å². The van der Waals surface area contributed by atoms with Gasteiger partial charge in [0.05, 0.1) is 5.71 Å². The molecule has 0 aromatic heterocycles. The van der Waals surface area contributed by atoms with E-state index in [2.05, 4.69) is 12.1 Å². The van der Waals surface area contributed by atoms with Crippen molar-refractivity contribution in [3.8, 4) is 0 Å². The molecule has 2 heteroatoms. The fraction of sp³-hybridized carbons (Fsp3) is 0.714. The highest BCUT2D eigenvalue weighted by Gasteiger charge is 1.89. The van der Waals surface area contributed by atoms with Gasteiger partial charge in [0, 0.05) is 0 Å². The third kappa shape index (κ3) is 5.34. The molecule has 0 bridgehead atoms. The van der Waals surface area contributed by atoms with Crippen molar-refractivity contribution >= 4 is 5.71 Å². The van der Waals surface area contributed by atoms with Crippen LogP contribution in [0.4, 0.5) is 0 Å². The fourth-order valence-corrected chi connectivity index (χ4v) is 0.244. The summed E-state index contributed by atoms with van der Waals surface area (Å²) in [5, 5.41) is 3.75. The first-order valence-electron chi connectivity index (χ1n) is 3.21. The van der Waals surface area contributed by atoms with Crippen LogP contribution in [-0.4, -0.2) is 11.8 Å². The van der Waals surface area contributed by atoms with Crippen molar-refractivity contribution in [3.05, 3.63) is 6.92 Å². The van der Waals surface area contributed by atoms with Crippen LogP contribution < -0.4 is 0 Å². The van der Waals surface area contributed by atoms with Gasteiger partial charge in [0.15, 0.2) is 0 Å². The van der Waals surface area contributed by atoms with Crippen molar-refractivity contribution in [2.24, 2.45) is 5.16 Å². The van der Waals surface area contributed by atoms with E-state index in [0.29, 0.717) is 0 Å². The highest BCUT2D eigenvalue weighted by molar-refractivity contribution is 5.87. The van der Waals surface area contributed by atoms with E-state index >= 15 is 0 Å². The molecule has 2 nitrogen and oxygen atoms in total.